The molecule has 0 spiro atoms. The average Bonchev–Trinajstić information content (AvgIpc) is 2.18. The van der Waals surface area contributed by atoms with E-state index in [1.165, 1.54) is 0 Å². The second-order valence-electron chi connectivity index (χ2n) is 3.97. The summed E-state index contributed by atoms with van der Waals surface area (Å²) in [5.41, 5.74) is 5.52. The molecule has 1 fully saturated rings. The number of amides is 1. The molecule has 2 N–H and O–H groups in total. The van der Waals surface area contributed by atoms with Gasteiger partial charge in [-0.25, -0.2) is 0 Å². The Morgan fingerprint density at radius 3 is 2.36 bits per heavy atom. The average molecular weight is 199 g/mol. The third kappa shape index (κ3) is 2.96. The summed E-state index contributed by atoms with van der Waals surface area (Å²) in [6.07, 6.45) is 1.04. The summed E-state index contributed by atoms with van der Waals surface area (Å²) in [6.45, 7) is 8.29. The second-order valence-corrected chi connectivity index (χ2v) is 3.97. The van der Waals surface area contributed by atoms with Gasteiger partial charge >= 0.3 is 0 Å². The van der Waals surface area contributed by atoms with Gasteiger partial charge in [0, 0.05) is 39.1 Å². The molecule has 4 heteroatoms. The van der Waals surface area contributed by atoms with Crippen LogP contribution in [0.15, 0.2) is 0 Å². The van der Waals surface area contributed by atoms with Crippen LogP contribution >= 0.6 is 0 Å². The molecule has 0 aromatic heterocycles. The summed E-state index contributed by atoms with van der Waals surface area (Å²) in [5, 5.41) is 0. The molecular weight excluding hydrogens is 178 g/mol. The largest absolute Gasteiger partial charge is 0.340 e. The van der Waals surface area contributed by atoms with Crippen molar-refractivity contribution in [3.8, 4) is 0 Å². The van der Waals surface area contributed by atoms with Gasteiger partial charge in [-0.3, -0.25) is 9.69 Å². The van der Waals surface area contributed by atoms with Crippen LogP contribution in [-0.4, -0.2) is 54.5 Å². The Morgan fingerprint density at radius 2 is 1.93 bits per heavy atom. The van der Waals surface area contributed by atoms with Crippen molar-refractivity contribution < 1.29 is 4.79 Å². The highest BCUT2D eigenvalue weighted by molar-refractivity contribution is 5.73. The van der Waals surface area contributed by atoms with Gasteiger partial charge in [0.15, 0.2) is 0 Å². The molecule has 0 saturated carbocycles. The van der Waals surface area contributed by atoms with Gasteiger partial charge in [-0.05, 0) is 19.9 Å². The van der Waals surface area contributed by atoms with Crippen molar-refractivity contribution in [2.24, 2.45) is 5.73 Å². The van der Waals surface area contributed by atoms with Gasteiger partial charge in [-0.15, -0.1) is 0 Å². The molecule has 4 nitrogen and oxygen atoms in total. The number of nitrogens with zero attached hydrogens (tertiary/aromatic N) is 2. The van der Waals surface area contributed by atoms with Crippen LogP contribution in [-0.2, 0) is 4.79 Å². The van der Waals surface area contributed by atoms with Gasteiger partial charge in [-0.1, -0.05) is 0 Å². The lowest BCUT2D eigenvalue weighted by Crippen LogP contribution is -2.51. The summed E-state index contributed by atoms with van der Waals surface area (Å²) in [5.74, 6) is 0.191. The van der Waals surface area contributed by atoms with Gasteiger partial charge in [0.1, 0.15) is 0 Å². The number of piperazine rings is 1. The van der Waals surface area contributed by atoms with E-state index in [-0.39, 0.29) is 5.91 Å². The first-order valence-electron chi connectivity index (χ1n) is 5.34. The molecule has 1 heterocycles. The Bertz CT molecular complexity index is 188. The first-order valence-corrected chi connectivity index (χ1v) is 5.34. The monoisotopic (exact) mass is 199 g/mol. The van der Waals surface area contributed by atoms with Crippen molar-refractivity contribution in [3.63, 3.8) is 0 Å². The molecule has 0 aromatic carbocycles. The Labute approximate surface area is 86.0 Å². The molecule has 1 aliphatic rings. The number of hydrogen-bond donors (Lipinski definition) is 1. The van der Waals surface area contributed by atoms with E-state index in [2.05, 4.69) is 11.8 Å². The maximum Gasteiger partial charge on any atom is 0.219 e. The topological polar surface area (TPSA) is 49.6 Å². The van der Waals surface area contributed by atoms with Crippen LogP contribution in [0.1, 0.15) is 20.3 Å². The highest BCUT2D eigenvalue weighted by atomic mass is 16.2. The molecule has 82 valence electrons. The maximum absolute atomic E-state index is 11.1. The Kier molecular flexibility index (Phi) is 4.35. The molecule has 1 unspecified atom stereocenters. The van der Waals surface area contributed by atoms with Crippen LogP contribution < -0.4 is 5.73 Å². The van der Waals surface area contributed by atoms with E-state index in [1.54, 1.807) is 6.92 Å². The fourth-order valence-electron chi connectivity index (χ4n) is 1.90. The molecular formula is C10H21N3O. The Balaban J connectivity index is 2.31. The third-order valence-corrected chi connectivity index (χ3v) is 2.97. The van der Waals surface area contributed by atoms with Crippen LogP contribution in [0.3, 0.4) is 0 Å². The predicted molar refractivity (Wildman–Crippen MR) is 57.0 cm³/mol. The smallest absolute Gasteiger partial charge is 0.219 e. The van der Waals surface area contributed by atoms with Gasteiger partial charge in [0.2, 0.25) is 5.91 Å². The van der Waals surface area contributed by atoms with E-state index in [9.17, 15) is 4.79 Å². The van der Waals surface area contributed by atoms with Crippen LogP contribution in [0, 0.1) is 0 Å². The fraction of sp³-hybridized carbons (Fsp3) is 0.900. The van der Waals surface area contributed by atoms with Gasteiger partial charge in [0.25, 0.3) is 0 Å². The number of carbonyl (C=O) groups is 1. The molecule has 1 rings (SSSR count). The molecule has 1 atom stereocenters. The number of nitrogens with two attached hydrogens (primary N) is 1. The van der Waals surface area contributed by atoms with Gasteiger partial charge in [-0.2, -0.15) is 0 Å². The molecule has 0 aliphatic carbocycles. The second kappa shape index (κ2) is 5.32. The number of rotatable bonds is 3. The van der Waals surface area contributed by atoms with Crippen molar-refractivity contribution in [3.05, 3.63) is 0 Å². The number of carbonyl (C=O) groups excluding carboxylic acids is 1. The molecule has 0 bridgehead atoms. The first kappa shape index (κ1) is 11.5. The minimum absolute atomic E-state index is 0.191. The molecule has 14 heavy (non-hydrogen) atoms. The van der Waals surface area contributed by atoms with Crippen molar-refractivity contribution in [2.75, 3.05) is 32.7 Å². The van der Waals surface area contributed by atoms with E-state index in [0.29, 0.717) is 6.04 Å². The lowest BCUT2D eigenvalue weighted by Gasteiger charge is -2.37. The van der Waals surface area contributed by atoms with E-state index in [0.717, 1.165) is 39.1 Å². The predicted octanol–water partition coefficient (Wildman–Crippen LogP) is -0.112. The van der Waals surface area contributed by atoms with Crippen molar-refractivity contribution in [2.45, 2.75) is 26.3 Å². The maximum atomic E-state index is 11.1. The van der Waals surface area contributed by atoms with E-state index in [4.69, 9.17) is 5.73 Å². The normalized spacial score (nSPS) is 20.9. The minimum Gasteiger partial charge on any atom is -0.340 e. The lowest BCUT2D eigenvalue weighted by molar-refractivity contribution is -0.130. The lowest BCUT2D eigenvalue weighted by atomic mass is 10.1. The molecule has 1 amide bonds. The highest BCUT2D eigenvalue weighted by Gasteiger charge is 2.21. The minimum atomic E-state index is 0.191. The van der Waals surface area contributed by atoms with E-state index in [1.807, 2.05) is 4.90 Å². The summed E-state index contributed by atoms with van der Waals surface area (Å²) >= 11 is 0. The third-order valence-electron chi connectivity index (χ3n) is 2.97. The van der Waals surface area contributed by atoms with Gasteiger partial charge in [0.05, 0.1) is 0 Å². The first-order chi connectivity index (χ1) is 6.65. The van der Waals surface area contributed by atoms with Crippen LogP contribution in [0.2, 0.25) is 0 Å². The zero-order valence-electron chi connectivity index (χ0n) is 9.20. The molecule has 0 radical (unpaired) electrons. The zero-order valence-corrected chi connectivity index (χ0v) is 9.20. The Morgan fingerprint density at radius 1 is 1.36 bits per heavy atom. The van der Waals surface area contributed by atoms with Crippen LogP contribution in [0.25, 0.3) is 0 Å². The Hall–Kier alpha value is -0.610. The van der Waals surface area contributed by atoms with E-state index >= 15 is 0 Å². The summed E-state index contributed by atoms with van der Waals surface area (Å²) in [6, 6.07) is 0.550. The highest BCUT2D eigenvalue weighted by Crippen LogP contribution is 2.08. The molecule has 1 saturated heterocycles. The zero-order chi connectivity index (χ0) is 10.6. The quantitative estimate of drug-likeness (QED) is 0.690. The van der Waals surface area contributed by atoms with Crippen molar-refractivity contribution >= 4 is 5.91 Å². The fourth-order valence-corrected chi connectivity index (χ4v) is 1.90. The van der Waals surface area contributed by atoms with Crippen molar-refractivity contribution in [1.82, 2.24) is 9.80 Å². The van der Waals surface area contributed by atoms with Crippen molar-refractivity contribution in [1.29, 1.82) is 0 Å². The number of hydrogen-bond acceptors (Lipinski definition) is 3. The van der Waals surface area contributed by atoms with E-state index < -0.39 is 0 Å². The van der Waals surface area contributed by atoms with Crippen LogP contribution in [0.5, 0.6) is 0 Å². The summed E-state index contributed by atoms with van der Waals surface area (Å²) in [4.78, 5) is 15.4. The standard InChI is InChI=1S/C10H21N3O/c1-9(3-4-11)12-5-7-13(8-6-12)10(2)14/h9H,3-8,11H2,1-2H3. The SMILES string of the molecule is CC(=O)N1CCN(C(C)CCN)CC1. The summed E-state index contributed by atoms with van der Waals surface area (Å²) < 4.78 is 0. The molecule has 1 aliphatic heterocycles. The van der Waals surface area contributed by atoms with Crippen LogP contribution in [0.4, 0.5) is 0 Å². The summed E-state index contributed by atoms with van der Waals surface area (Å²) in [7, 11) is 0. The molecule has 0 aromatic rings. The van der Waals surface area contributed by atoms with Gasteiger partial charge < -0.3 is 10.6 Å².